The Kier molecular flexibility index (Phi) is 8.88. The van der Waals surface area contributed by atoms with Gasteiger partial charge in [0, 0.05) is 26.2 Å². The normalized spacial score (nSPS) is 11.0. The van der Waals surface area contributed by atoms with E-state index < -0.39 is 0 Å². The summed E-state index contributed by atoms with van der Waals surface area (Å²) < 4.78 is 0. The predicted octanol–water partition coefficient (Wildman–Crippen LogP) is 0.300. The summed E-state index contributed by atoms with van der Waals surface area (Å²) in [5, 5.41) is 11.8. The molecule has 0 unspecified atom stereocenters. The van der Waals surface area contributed by atoms with E-state index in [1.54, 1.807) is 0 Å². The number of nitrogens with zero attached hydrogens (tertiary/aromatic N) is 1. The molecule has 0 spiro atoms. The van der Waals surface area contributed by atoms with Crippen LogP contribution in [0.1, 0.15) is 19.8 Å². The van der Waals surface area contributed by atoms with Crippen LogP contribution in [-0.4, -0.2) is 49.8 Å². The highest BCUT2D eigenvalue weighted by Gasteiger charge is 2.00. The van der Waals surface area contributed by atoms with Gasteiger partial charge in [-0.25, -0.2) is 0 Å². The van der Waals surface area contributed by atoms with Crippen molar-refractivity contribution in [3.05, 3.63) is 0 Å². The molecule has 3 heteroatoms. The van der Waals surface area contributed by atoms with E-state index in [2.05, 4.69) is 17.1 Å². The number of aliphatic hydroxyl groups is 1. The van der Waals surface area contributed by atoms with Crippen molar-refractivity contribution in [2.45, 2.75) is 19.8 Å². The first-order valence-corrected chi connectivity index (χ1v) is 4.83. The van der Waals surface area contributed by atoms with Gasteiger partial charge in [0.15, 0.2) is 0 Å². The zero-order chi connectivity index (χ0) is 9.23. The van der Waals surface area contributed by atoms with Crippen molar-refractivity contribution in [3.8, 4) is 0 Å². The molecular formula is C9H22N2O. The van der Waals surface area contributed by atoms with Gasteiger partial charge in [0.05, 0.1) is 0 Å². The molecule has 12 heavy (non-hydrogen) atoms. The van der Waals surface area contributed by atoms with Gasteiger partial charge in [0.2, 0.25) is 0 Å². The third-order valence-electron chi connectivity index (χ3n) is 1.85. The minimum absolute atomic E-state index is 0.305. The lowest BCUT2D eigenvalue weighted by atomic mass is 10.3. The summed E-state index contributed by atoms with van der Waals surface area (Å²) in [5.41, 5.74) is 0. The lowest BCUT2D eigenvalue weighted by Gasteiger charge is -2.20. The van der Waals surface area contributed by atoms with Crippen LogP contribution in [-0.2, 0) is 0 Å². The predicted molar refractivity (Wildman–Crippen MR) is 52.4 cm³/mol. The molecule has 0 aliphatic carbocycles. The Labute approximate surface area is 75.8 Å². The van der Waals surface area contributed by atoms with Gasteiger partial charge in [-0.15, -0.1) is 0 Å². The molecule has 0 heterocycles. The van der Waals surface area contributed by atoms with Crippen LogP contribution in [0, 0.1) is 0 Å². The molecule has 0 aromatic carbocycles. The number of likely N-dealkylation sites (N-methyl/N-ethyl adjacent to an activating group) is 1. The molecule has 0 amide bonds. The molecule has 74 valence electrons. The van der Waals surface area contributed by atoms with Crippen LogP contribution in [0.4, 0.5) is 0 Å². The number of hydrogen-bond donors (Lipinski definition) is 2. The number of rotatable bonds is 8. The number of hydrogen-bond acceptors (Lipinski definition) is 3. The lowest BCUT2D eigenvalue weighted by molar-refractivity contribution is 0.225. The topological polar surface area (TPSA) is 35.5 Å². The van der Waals surface area contributed by atoms with E-state index in [0.717, 1.165) is 32.6 Å². The first-order valence-electron chi connectivity index (χ1n) is 4.83. The van der Waals surface area contributed by atoms with Gasteiger partial charge in [-0.05, 0) is 26.4 Å². The van der Waals surface area contributed by atoms with Crippen molar-refractivity contribution >= 4 is 0 Å². The molecule has 0 fully saturated rings. The fourth-order valence-electron chi connectivity index (χ4n) is 1.22. The summed E-state index contributed by atoms with van der Waals surface area (Å²) in [4.78, 5) is 2.38. The van der Waals surface area contributed by atoms with Gasteiger partial charge in [0.25, 0.3) is 0 Å². The fourth-order valence-corrected chi connectivity index (χ4v) is 1.22. The van der Waals surface area contributed by atoms with Crippen LogP contribution in [0.2, 0.25) is 0 Å². The van der Waals surface area contributed by atoms with Crippen LogP contribution in [0.5, 0.6) is 0 Å². The van der Waals surface area contributed by atoms with E-state index in [-0.39, 0.29) is 0 Å². The van der Waals surface area contributed by atoms with E-state index in [1.165, 1.54) is 6.42 Å². The molecule has 0 aliphatic heterocycles. The summed E-state index contributed by atoms with van der Waals surface area (Å²) >= 11 is 0. The van der Waals surface area contributed by atoms with Gasteiger partial charge in [-0.1, -0.05) is 6.92 Å². The van der Waals surface area contributed by atoms with Crippen LogP contribution >= 0.6 is 0 Å². The monoisotopic (exact) mass is 174 g/mol. The van der Waals surface area contributed by atoms with E-state index in [1.807, 2.05) is 7.05 Å². The standard InChI is InChI=1S/C9H22N2O/c1-3-6-11(7-4-9-12)8-5-10-2/h10,12H,3-9H2,1-2H3. The summed E-state index contributed by atoms with van der Waals surface area (Å²) in [6.07, 6.45) is 2.08. The minimum atomic E-state index is 0.305. The average Bonchev–Trinajstić information content (AvgIpc) is 2.10. The van der Waals surface area contributed by atoms with Crippen molar-refractivity contribution < 1.29 is 5.11 Å². The first kappa shape index (κ1) is 11.9. The lowest BCUT2D eigenvalue weighted by Crippen LogP contribution is -2.32. The van der Waals surface area contributed by atoms with Crippen molar-refractivity contribution in [3.63, 3.8) is 0 Å². The Morgan fingerprint density at radius 3 is 2.50 bits per heavy atom. The SMILES string of the molecule is CCCN(CCCO)CCNC. The van der Waals surface area contributed by atoms with Gasteiger partial charge >= 0.3 is 0 Å². The maximum Gasteiger partial charge on any atom is 0.0443 e. The van der Waals surface area contributed by atoms with E-state index in [9.17, 15) is 0 Å². The number of aliphatic hydroxyl groups excluding tert-OH is 1. The molecule has 0 saturated carbocycles. The Morgan fingerprint density at radius 2 is 2.00 bits per heavy atom. The molecule has 0 rings (SSSR count). The second kappa shape index (κ2) is 8.97. The van der Waals surface area contributed by atoms with Crippen LogP contribution in [0.3, 0.4) is 0 Å². The zero-order valence-corrected chi connectivity index (χ0v) is 8.34. The van der Waals surface area contributed by atoms with Gasteiger partial charge in [-0.3, -0.25) is 0 Å². The third kappa shape index (κ3) is 6.58. The zero-order valence-electron chi connectivity index (χ0n) is 8.34. The van der Waals surface area contributed by atoms with Crippen molar-refractivity contribution in [1.29, 1.82) is 0 Å². The second-order valence-corrected chi connectivity index (χ2v) is 3.02. The Morgan fingerprint density at radius 1 is 1.25 bits per heavy atom. The van der Waals surface area contributed by atoms with Gasteiger partial charge in [-0.2, -0.15) is 0 Å². The molecule has 0 aromatic heterocycles. The second-order valence-electron chi connectivity index (χ2n) is 3.02. The average molecular weight is 174 g/mol. The maximum atomic E-state index is 8.67. The highest BCUT2D eigenvalue weighted by atomic mass is 16.3. The fraction of sp³-hybridized carbons (Fsp3) is 1.00. The Hall–Kier alpha value is -0.120. The largest absolute Gasteiger partial charge is 0.396 e. The molecule has 2 N–H and O–H groups in total. The quantitative estimate of drug-likeness (QED) is 0.555. The van der Waals surface area contributed by atoms with E-state index >= 15 is 0 Å². The van der Waals surface area contributed by atoms with Gasteiger partial charge < -0.3 is 15.3 Å². The first-order chi connectivity index (χ1) is 5.85. The van der Waals surface area contributed by atoms with Gasteiger partial charge in [0.1, 0.15) is 0 Å². The molecule has 0 atom stereocenters. The summed E-state index contributed by atoms with van der Waals surface area (Å²) in [5.74, 6) is 0. The van der Waals surface area contributed by atoms with Crippen molar-refractivity contribution in [2.75, 3.05) is 39.8 Å². The Bertz CT molecular complexity index is 80.6. The van der Waals surface area contributed by atoms with Crippen molar-refractivity contribution in [2.24, 2.45) is 0 Å². The molecule has 0 aromatic rings. The van der Waals surface area contributed by atoms with Crippen LogP contribution in [0.25, 0.3) is 0 Å². The van der Waals surface area contributed by atoms with Crippen LogP contribution < -0.4 is 5.32 Å². The highest BCUT2D eigenvalue weighted by Crippen LogP contribution is 1.92. The molecular weight excluding hydrogens is 152 g/mol. The van der Waals surface area contributed by atoms with Crippen LogP contribution in [0.15, 0.2) is 0 Å². The molecule has 0 saturated heterocycles. The third-order valence-corrected chi connectivity index (χ3v) is 1.85. The van der Waals surface area contributed by atoms with E-state index in [0.29, 0.717) is 6.61 Å². The summed E-state index contributed by atoms with van der Waals surface area (Å²) in [6, 6.07) is 0. The maximum absolute atomic E-state index is 8.67. The highest BCUT2D eigenvalue weighted by molar-refractivity contribution is 4.57. The molecule has 0 aliphatic rings. The van der Waals surface area contributed by atoms with Crippen molar-refractivity contribution in [1.82, 2.24) is 10.2 Å². The summed E-state index contributed by atoms with van der Waals surface area (Å²) in [7, 11) is 1.97. The molecule has 3 nitrogen and oxygen atoms in total. The Balaban J connectivity index is 3.40. The van der Waals surface area contributed by atoms with E-state index in [4.69, 9.17) is 5.11 Å². The smallest absolute Gasteiger partial charge is 0.0443 e. The minimum Gasteiger partial charge on any atom is -0.396 e. The number of nitrogens with one attached hydrogen (secondary N) is 1. The molecule has 0 bridgehead atoms. The molecule has 0 radical (unpaired) electrons. The summed E-state index contributed by atoms with van der Waals surface area (Å²) in [6.45, 7) is 6.77.